The van der Waals surface area contributed by atoms with Gasteiger partial charge in [-0.1, -0.05) is 13.2 Å². The van der Waals surface area contributed by atoms with E-state index in [2.05, 4.69) is 18.3 Å². The third kappa shape index (κ3) is 5.44. The first-order valence-electron chi connectivity index (χ1n) is 6.19. The number of rotatable bonds is 9. The van der Waals surface area contributed by atoms with Crippen molar-refractivity contribution < 1.29 is 19.1 Å². The molecule has 2 atom stereocenters. The van der Waals surface area contributed by atoms with Gasteiger partial charge in [0.05, 0.1) is 6.10 Å². The van der Waals surface area contributed by atoms with E-state index in [1.54, 1.807) is 20.8 Å². The lowest BCUT2D eigenvalue weighted by Crippen LogP contribution is -2.41. The Balaban J connectivity index is 4.76. The molecule has 20 heavy (non-hydrogen) atoms. The van der Waals surface area contributed by atoms with Gasteiger partial charge in [0.25, 0.3) is 0 Å². The predicted octanol–water partition coefficient (Wildman–Crippen LogP) is 2.79. The van der Waals surface area contributed by atoms with Gasteiger partial charge >= 0.3 is 5.97 Å². The van der Waals surface area contributed by atoms with E-state index in [0.29, 0.717) is 6.42 Å². The van der Waals surface area contributed by atoms with Crippen molar-refractivity contribution in [1.29, 1.82) is 5.53 Å². The van der Waals surface area contributed by atoms with E-state index in [0.717, 1.165) is 12.2 Å². The van der Waals surface area contributed by atoms with Gasteiger partial charge in [0, 0.05) is 12.5 Å². The Labute approximate surface area is 119 Å². The van der Waals surface area contributed by atoms with Crippen molar-refractivity contribution in [3.05, 3.63) is 25.3 Å². The van der Waals surface area contributed by atoms with Gasteiger partial charge in [0.2, 0.25) is 11.5 Å². The van der Waals surface area contributed by atoms with E-state index in [4.69, 9.17) is 15.0 Å². The molecule has 2 unspecified atom stereocenters. The molecular weight excluding hydrogens is 260 g/mol. The van der Waals surface area contributed by atoms with Crippen molar-refractivity contribution >= 4 is 11.8 Å². The van der Waals surface area contributed by atoms with Gasteiger partial charge < -0.3 is 9.47 Å². The Kier molecular flexibility index (Phi) is 6.45. The van der Waals surface area contributed by atoms with Gasteiger partial charge in [-0.25, -0.2) is 10.3 Å². The van der Waals surface area contributed by atoms with E-state index in [1.165, 1.54) is 6.92 Å². The van der Waals surface area contributed by atoms with Crippen LogP contribution in [0.1, 0.15) is 34.1 Å². The van der Waals surface area contributed by atoms with Crippen LogP contribution < -0.4 is 0 Å². The summed E-state index contributed by atoms with van der Waals surface area (Å²) in [6.07, 6.45) is 2.03. The van der Waals surface area contributed by atoms with Gasteiger partial charge in [-0.3, -0.25) is 4.79 Å². The average Bonchev–Trinajstić information content (AvgIpc) is 2.35. The van der Waals surface area contributed by atoms with Crippen LogP contribution in [0.4, 0.5) is 0 Å². The zero-order valence-electron chi connectivity index (χ0n) is 12.4. The van der Waals surface area contributed by atoms with Crippen LogP contribution in [-0.2, 0) is 19.1 Å². The highest BCUT2D eigenvalue weighted by molar-refractivity contribution is 5.95. The van der Waals surface area contributed by atoms with Crippen molar-refractivity contribution in [2.45, 2.75) is 51.5 Å². The second-order valence-electron chi connectivity index (χ2n) is 5.18. The van der Waals surface area contributed by atoms with Gasteiger partial charge in [0.15, 0.2) is 0 Å². The van der Waals surface area contributed by atoms with E-state index in [9.17, 15) is 9.59 Å². The molecule has 0 fully saturated rings. The zero-order valence-corrected chi connectivity index (χ0v) is 12.4. The molecule has 0 aromatic rings. The molecule has 0 bridgehead atoms. The largest absolute Gasteiger partial charge is 0.456 e. The molecule has 0 radical (unpaired) electrons. The van der Waals surface area contributed by atoms with Gasteiger partial charge in [-0.15, -0.1) is 0 Å². The second kappa shape index (κ2) is 7.09. The van der Waals surface area contributed by atoms with Gasteiger partial charge in [-0.05, 0) is 33.8 Å². The second-order valence-corrected chi connectivity index (χ2v) is 5.18. The monoisotopic (exact) mass is 282 g/mol. The Morgan fingerprint density at radius 3 is 2.25 bits per heavy atom. The molecule has 0 saturated heterocycles. The summed E-state index contributed by atoms with van der Waals surface area (Å²) in [5.74, 6) is -1.03. The molecule has 0 heterocycles. The summed E-state index contributed by atoms with van der Waals surface area (Å²) in [7, 11) is 0. The van der Waals surface area contributed by atoms with Crippen LogP contribution in [0.2, 0.25) is 0 Å². The first-order valence-corrected chi connectivity index (χ1v) is 6.19. The van der Waals surface area contributed by atoms with Crippen molar-refractivity contribution in [2.24, 2.45) is 5.11 Å². The zero-order chi connectivity index (χ0) is 16.0. The molecule has 0 spiro atoms. The molecule has 0 aliphatic heterocycles. The number of hydrogen-bond acceptors (Lipinski definition) is 6. The smallest absolute Gasteiger partial charge is 0.330 e. The summed E-state index contributed by atoms with van der Waals surface area (Å²) in [6, 6.07) is 0. The molecule has 6 nitrogen and oxygen atoms in total. The normalized spacial score (nSPS) is 15.6. The van der Waals surface area contributed by atoms with Gasteiger partial charge in [0.1, 0.15) is 5.60 Å². The number of hydrogen-bond donors (Lipinski definition) is 1. The number of ether oxygens (including phenoxy) is 2. The van der Waals surface area contributed by atoms with Crippen LogP contribution in [0.25, 0.3) is 0 Å². The van der Waals surface area contributed by atoms with Crippen molar-refractivity contribution in [3.63, 3.8) is 0 Å². The first kappa shape index (κ1) is 18.2. The van der Waals surface area contributed by atoms with E-state index >= 15 is 0 Å². The third-order valence-electron chi connectivity index (χ3n) is 2.61. The van der Waals surface area contributed by atoms with E-state index < -0.39 is 29.2 Å². The number of nitrogens with one attached hydrogen (secondary N) is 1. The molecule has 0 saturated carbocycles. The summed E-state index contributed by atoms with van der Waals surface area (Å²) in [4.78, 5) is 22.8. The summed E-state index contributed by atoms with van der Waals surface area (Å²) in [5, 5.41) is 3.22. The van der Waals surface area contributed by atoms with E-state index in [-0.39, 0.29) is 0 Å². The quantitative estimate of drug-likeness (QED) is 0.400. The predicted molar refractivity (Wildman–Crippen MR) is 74.3 cm³/mol. The number of nitrogens with zero attached hydrogens (tertiary/aromatic N) is 1. The van der Waals surface area contributed by atoms with Crippen LogP contribution >= 0.6 is 0 Å². The molecule has 1 N–H and O–H groups in total. The summed E-state index contributed by atoms with van der Waals surface area (Å²) in [6.45, 7) is 13.2. The molecular formula is C14H22N2O4. The highest BCUT2D eigenvalue weighted by Crippen LogP contribution is 2.24. The third-order valence-corrected chi connectivity index (χ3v) is 2.61. The van der Waals surface area contributed by atoms with Crippen LogP contribution in [0.5, 0.6) is 0 Å². The van der Waals surface area contributed by atoms with Crippen LogP contribution in [0, 0.1) is 5.53 Å². The maximum Gasteiger partial charge on any atom is 0.330 e. The SMILES string of the molecule is C=CC(=O)OC(C)(C)CC(C)OC(C)(N=N)C(=O)C=C. The Hall–Kier alpha value is -1.82. The fourth-order valence-corrected chi connectivity index (χ4v) is 1.81. The Morgan fingerprint density at radius 2 is 1.85 bits per heavy atom. The molecule has 0 amide bonds. The molecule has 0 rings (SSSR count). The minimum atomic E-state index is -1.60. The lowest BCUT2D eigenvalue weighted by atomic mass is 10.0. The number of carbonyl (C=O) groups is 2. The van der Waals surface area contributed by atoms with Crippen LogP contribution in [0.15, 0.2) is 30.4 Å². The molecule has 0 aliphatic rings. The number of ketones is 1. The average molecular weight is 282 g/mol. The maximum atomic E-state index is 11.6. The summed E-state index contributed by atoms with van der Waals surface area (Å²) < 4.78 is 10.7. The lowest BCUT2D eigenvalue weighted by molar-refractivity contribution is -0.161. The standard InChI is InChI=1S/C14H22N2O4/c1-7-11(17)14(6,16-15)19-10(3)9-13(4,5)20-12(18)8-2/h7-8,10,15H,1-2,9H2,3-6H3. The molecule has 0 aliphatic carbocycles. The molecule has 112 valence electrons. The molecule has 6 heteroatoms. The highest BCUT2D eigenvalue weighted by Gasteiger charge is 2.36. The fraction of sp³-hybridized carbons (Fsp3) is 0.571. The summed E-state index contributed by atoms with van der Waals surface area (Å²) >= 11 is 0. The minimum absolute atomic E-state index is 0.335. The van der Waals surface area contributed by atoms with Crippen molar-refractivity contribution in [2.75, 3.05) is 0 Å². The Bertz CT molecular complexity index is 417. The van der Waals surface area contributed by atoms with Crippen LogP contribution in [-0.4, -0.2) is 29.2 Å². The number of esters is 1. The van der Waals surface area contributed by atoms with Gasteiger partial charge in [-0.2, -0.15) is 5.11 Å². The van der Waals surface area contributed by atoms with Crippen LogP contribution in [0.3, 0.4) is 0 Å². The molecule has 0 aromatic heterocycles. The maximum absolute atomic E-state index is 11.6. The fourth-order valence-electron chi connectivity index (χ4n) is 1.81. The number of carbonyl (C=O) groups excluding carboxylic acids is 2. The van der Waals surface area contributed by atoms with Crippen molar-refractivity contribution in [1.82, 2.24) is 0 Å². The summed E-state index contributed by atoms with van der Waals surface area (Å²) in [5.41, 5.74) is 4.71. The minimum Gasteiger partial charge on any atom is -0.456 e. The lowest BCUT2D eigenvalue weighted by Gasteiger charge is -2.31. The first-order chi connectivity index (χ1) is 9.10. The topological polar surface area (TPSA) is 88.8 Å². The van der Waals surface area contributed by atoms with E-state index in [1.807, 2.05) is 0 Å². The molecule has 0 aromatic carbocycles. The Morgan fingerprint density at radius 1 is 1.30 bits per heavy atom. The van der Waals surface area contributed by atoms with Crippen molar-refractivity contribution in [3.8, 4) is 0 Å². The highest BCUT2D eigenvalue weighted by atomic mass is 16.6.